The number of hydrogen-bond donors (Lipinski definition) is 2. The van der Waals surface area contributed by atoms with Gasteiger partial charge in [0.1, 0.15) is 11.6 Å². The number of halogens is 1. The van der Waals surface area contributed by atoms with Crippen molar-refractivity contribution in [3.05, 3.63) is 40.5 Å². The number of nitrogens with zero attached hydrogens (tertiary/aromatic N) is 2. The molecule has 0 bridgehead atoms. The van der Waals surface area contributed by atoms with Gasteiger partial charge >= 0.3 is 7.60 Å². The van der Waals surface area contributed by atoms with E-state index in [0.717, 1.165) is 5.56 Å². The van der Waals surface area contributed by atoms with E-state index in [1.807, 2.05) is 12.3 Å². The monoisotopic (exact) mass is 447 g/mol. The summed E-state index contributed by atoms with van der Waals surface area (Å²) in [7, 11) is -0.762. The summed E-state index contributed by atoms with van der Waals surface area (Å²) in [6.07, 6.45) is 3.44. The van der Waals surface area contributed by atoms with Gasteiger partial charge in [0.15, 0.2) is 11.9 Å². The maximum absolute atomic E-state index is 12.9. The molecule has 0 saturated heterocycles. The maximum atomic E-state index is 12.9. The first kappa shape index (κ1) is 22.9. The van der Waals surface area contributed by atoms with Crippen molar-refractivity contribution in [2.24, 2.45) is 0 Å². The van der Waals surface area contributed by atoms with Crippen molar-refractivity contribution in [2.45, 2.75) is 24.3 Å². The van der Waals surface area contributed by atoms with Crippen LogP contribution in [-0.2, 0) is 20.2 Å². The van der Waals surface area contributed by atoms with Gasteiger partial charge in [-0.3, -0.25) is 9.09 Å². The molecule has 2 unspecified atom stereocenters. The predicted octanol–water partition coefficient (Wildman–Crippen LogP) is 4.34. The fourth-order valence-corrected chi connectivity index (χ4v) is 4.46. The fraction of sp³-hybridized carbons (Fsp3) is 0.412. The van der Waals surface area contributed by atoms with Crippen LogP contribution in [0.3, 0.4) is 0 Å². The number of rotatable bonds is 10. The molecule has 2 N–H and O–H groups in total. The molecule has 0 fully saturated rings. The molecule has 0 aliphatic heterocycles. The zero-order chi connectivity index (χ0) is 20.7. The minimum absolute atomic E-state index is 0.423. The van der Waals surface area contributed by atoms with Gasteiger partial charge in [0.2, 0.25) is 0 Å². The smallest absolute Gasteiger partial charge is 0.339 e. The van der Waals surface area contributed by atoms with Crippen LogP contribution in [0.2, 0.25) is 5.02 Å². The topological polar surface area (TPSA) is 103 Å². The van der Waals surface area contributed by atoms with Crippen LogP contribution in [0.15, 0.2) is 29.6 Å². The molecule has 0 aliphatic carbocycles. The lowest BCUT2D eigenvalue weighted by atomic mass is 10.2. The first-order valence-corrected chi connectivity index (χ1v) is 11.5. The number of anilines is 1. The molecule has 8 nitrogen and oxygen atoms in total. The lowest BCUT2D eigenvalue weighted by Crippen LogP contribution is -2.10. The summed E-state index contributed by atoms with van der Waals surface area (Å²) in [5.41, 5.74) is 0.772. The van der Waals surface area contributed by atoms with Crippen molar-refractivity contribution in [1.29, 1.82) is 0 Å². The molecule has 1 heterocycles. The van der Waals surface area contributed by atoms with E-state index in [4.69, 9.17) is 30.5 Å². The van der Waals surface area contributed by atoms with E-state index in [0.29, 0.717) is 33.9 Å². The number of methoxy groups -OCH3 is 1. The second-order valence-corrected chi connectivity index (χ2v) is 9.30. The normalized spacial score (nSPS) is 14.4. The molecular weight excluding hydrogens is 425 g/mol. The third kappa shape index (κ3) is 5.37. The van der Waals surface area contributed by atoms with Crippen molar-refractivity contribution in [3.63, 3.8) is 0 Å². The number of aliphatic hydroxyl groups excluding tert-OH is 1. The van der Waals surface area contributed by atoms with Crippen LogP contribution in [0.5, 0.6) is 5.75 Å². The molecule has 2 rings (SSSR count). The van der Waals surface area contributed by atoms with Gasteiger partial charge < -0.3 is 19.7 Å². The van der Waals surface area contributed by atoms with Crippen LogP contribution in [0.4, 0.5) is 5.82 Å². The quantitative estimate of drug-likeness (QED) is 0.238. The second-order valence-electron chi connectivity index (χ2n) is 5.64. The summed E-state index contributed by atoms with van der Waals surface area (Å²) >= 11 is 7.56. The second kappa shape index (κ2) is 10.4. The van der Waals surface area contributed by atoms with Crippen molar-refractivity contribution >= 4 is 36.8 Å². The number of thioether (sulfide) groups is 1. The van der Waals surface area contributed by atoms with E-state index >= 15 is 0 Å². The molecule has 1 aromatic heterocycles. The summed E-state index contributed by atoms with van der Waals surface area (Å²) in [6.45, 7) is 1.38. The highest BCUT2D eigenvalue weighted by Gasteiger charge is 2.35. The van der Waals surface area contributed by atoms with Gasteiger partial charge in [-0.25, -0.2) is 9.97 Å². The molecule has 11 heteroatoms. The van der Waals surface area contributed by atoms with Crippen LogP contribution < -0.4 is 10.1 Å². The van der Waals surface area contributed by atoms with E-state index in [2.05, 4.69) is 15.3 Å². The first-order chi connectivity index (χ1) is 13.4. The predicted molar refractivity (Wildman–Crippen MR) is 110 cm³/mol. The van der Waals surface area contributed by atoms with E-state index < -0.39 is 20.0 Å². The number of benzene rings is 1. The zero-order valence-electron chi connectivity index (χ0n) is 16.0. The van der Waals surface area contributed by atoms with Gasteiger partial charge in [-0.05, 0) is 30.9 Å². The fourth-order valence-electron chi connectivity index (χ4n) is 2.50. The van der Waals surface area contributed by atoms with E-state index in [9.17, 15) is 4.57 Å². The molecule has 2 atom stereocenters. The Morgan fingerprint density at radius 3 is 2.71 bits per heavy atom. The third-order valence-electron chi connectivity index (χ3n) is 4.07. The lowest BCUT2D eigenvalue weighted by Gasteiger charge is -2.23. The molecule has 0 amide bonds. The van der Waals surface area contributed by atoms with Crippen molar-refractivity contribution < 1.29 is 23.5 Å². The Balaban J connectivity index is 2.32. The van der Waals surface area contributed by atoms with Crippen LogP contribution >= 0.6 is 31.0 Å². The Kier molecular flexibility index (Phi) is 8.55. The third-order valence-corrected chi connectivity index (χ3v) is 7.14. The Morgan fingerprint density at radius 2 is 2.14 bits per heavy atom. The molecule has 154 valence electrons. The first-order valence-electron chi connectivity index (χ1n) is 8.26. The summed E-state index contributed by atoms with van der Waals surface area (Å²) in [5.74, 6) is 1.09. The summed E-state index contributed by atoms with van der Waals surface area (Å²) < 4.78 is 28.1. The summed E-state index contributed by atoms with van der Waals surface area (Å²) in [5, 5.41) is 13.3. The number of ether oxygens (including phenoxy) is 1. The highest BCUT2D eigenvalue weighted by atomic mass is 35.5. The molecule has 0 aliphatic rings. The number of aromatic nitrogens is 2. The highest BCUT2D eigenvalue weighted by molar-refractivity contribution is 7.98. The van der Waals surface area contributed by atoms with Crippen LogP contribution in [0, 0.1) is 0 Å². The van der Waals surface area contributed by atoms with E-state index in [1.165, 1.54) is 18.9 Å². The SMILES string of the molecule is COc1ccc(CNc2nc(SC)ncc2C(C)P(=O)(OC)OCO)cc1Cl. The molecule has 1 aromatic carbocycles. The summed E-state index contributed by atoms with van der Waals surface area (Å²) in [6, 6.07) is 5.46. The number of nitrogens with one attached hydrogen (secondary N) is 1. The lowest BCUT2D eigenvalue weighted by molar-refractivity contribution is 0.0790. The molecule has 2 aromatic rings. The van der Waals surface area contributed by atoms with E-state index in [-0.39, 0.29) is 0 Å². The Bertz CT molecular complexity index is 858. The van der Waals surface area contributed by atoms with Crippen LogP contribution in [0.1, 0.15) is 23.7 Å². The van der Waals surface area contributed by atoms with Crippen molar-refractivity contribution in [3.8, 4) is 5.75 Å². The van der Waals surface area contributed by atoms with Crippen molar-refractivity contribution in [1.82, 2.24) is 9.97 Å². The zero-order valence-corrected chi connectivity index (χ0v) is 18.5. The van der Waals surface area contributed by atoms with Gasteiger partial charge in [0.25, 0.3) is 0 Å². The van der Waals surface area contributed by atoms with Crippen molar-refractivity contribution in [2.75, 3.05) is 32.6 Å². The summed E-state index contributed by atoms with van der Waals surface area (Å²) in [4.78, 5) is 8.74. The van der Waals surface area contributed by atoms with Gasteiger partial charge in [-0.2, -0.15) is 0 Å². The van der Waals surface area contributed by atoms with E-state index in [1.54, 1.807) is 32.4 Å². The molecule has 0 spiro atoms. The maximum Gasteiger partial charge on any atom is 0.339 e. The molecule has 28 heavy (non-hydrogen) atoms. The average Bonchev–Trinajstić information content (AvgIpc) is 2.71. The van der Waals surface area contributed by atoms with Gasteiger partial charge in [0.05, 0.1) is 17.8 Å². The number of hydrogen-bond acceptors (Lipinski definition) is 9. The van der Waals surface area contributed by atoms with Crippen LogP contribution in [0.25, 0.3) is 0 Å². The standard InChI is InChI=1S/C17H23ClN3O5PS/c1-11(27(23,25-3)26-10-22)13-9-20-17(28-4)21-16(13)19-8-12-5-6-15(24-2)14(18)7-12/h5-7,9,11,22H,8,10H2,1-4H3,(H,19,20,21). The van der Waals surface area contributed by atoms with Gasteiger partial charge in [-0.15, -0.1) is 0 Å². The Labute approximate surface area is 173 Å². The minimum atomic E-state index is -3.59. The number of aliphatic hydroxyl groups is 1. The largest absolute Gasteiger partial charge is 0.495 e. The average molecular weight is 448 g/mol. The van der Waals surface area contributed by atoms with Crippen LogP contribution in [-0.4, -0.2) is 42.3 Å². The molecule has 0 saturated carbocycles. The van der Waals surface area contributed by atoms with Gasteiger partial charge in [-0.1, -0.05) is 29.4 Å². The Hall–Kier alpha value is -1.35. The Morgan fingerprint density at radius 1 is 1.39 bits per heavy atom. The molecule has 0 radical (unpaired) electrons. The van der Waals surface area contributed by atoms with Gasteiger partial charge in [0, 0.05) is 25.4 Å². The molecular formula is C17H23ClN3O5PS. The highest BCUT2D eigenvalue weighted by Crippen LogP contribution is 2.60. The minimum Gasteiger partial charge on any atom is -0.495 e.